The number of rotatable bonds is 5. The fraction of sp³-hybridized carbons (Fsp3) is 0.312. The molecule has 0 radical (unpaired) electrons. The van der Waals surface area contributed by atoms with Crippen LogP contribution in [0.4, 0.5) is 11.4 Å². The van der Waals surface area contributed by atoms with Crippen molar-refractivity contribution in [1.82, 2.24) is 0 Å². The van der Waals surface area contributed by atoms with E-state index in [2.05, 4.69) is 13.8 Å². The molecule has 1 amide bonds. The van der Waals surface area contributed by atoms with Gasteiger partial charge in [-0.15, -0.1) is 0 Å². The Balaban J connectivity index is 1.66. The number of carbonyl (C=O) groups excluding carboxylic acids is 2. The molecule has 1 unspecified atom stereocenters. The Labute approximate surface area is 219 Å². The number of nitrogens with zero attached hydrogens (tertiary/aromatic N) is 2. The van der Waals surface area contributed by atoms with Gasteiger partial charge in [0.2, 0.25) is 0 Å². The van der Waals surface area contributed by atoms with Crippen LogP contribution in [-0.4, -0.2) is 30.9 Å². The maximum atomic E-state index is 13.5. The van der Waals surface area contributed by atoms with Crippen LogP contribution in [0, 0.1) is 0 Å². The minimum absolute atomic E-state index is 0.114. The Morgan fingerprint density at radius 1 is 0.892 bits per heavy atom. The summed E-state index contributed by atoms with van der Waals surface area (Å²) in [4.78, 5) is 30.5. The summed E-state index contributed by atoms with van der Waals surface area (Å²) in [6, 6.07) is 20.8. The van der Waals surface area contributed by atoms with E-state index in [0.717, 1.165) is 30.5 Å². The van der Waals surface area contributed by atoms with Crippen molar-refractivity contribution in [3.05, 3.63) is 100 Å². The van der Waals surface area contributed by atoms with Crippen molar-refractivity contribution in [2.75, 3.05) is 23.9 Å². The van der Waals surface area contributed by atoms with Gasteiger partial charge in [0.15, 0.2) is 0 Å². The van der Waals surface area contributed by atoms with Gasteiger partial charge in [-0.05, 0) is 84.2 Å². The number of ketones is 1. The quantitative estimate of drug-likeness (QED) is 0.254. The predicted molar refractivity (Wildman–Crippen MR) is 149 cm³/mol. The van der Waals surface area contributed by atoms with Crippen molar-refractivity contribution in [2.24, 2.45) is 0 Å². The molecular formula is C32H34N2O3. The number of aliphatic hydroxyl groups excluding tert-OH is 1. The Bertz CT molecular complexity index is 1370. The highest BCUT2D eigenvalue weighted by molar-refractivity contribution is 6.51. The van der Waals surface area contributed by atoms with Crippen molar-refractivity contribution in [3.63, 3.8) is 0 Å². The van der Waals surface area contributed by atoms with E-state index < -0.39 is 17.7 Å². The molecule has 5 heteroatoms. The van der Waals surface area contributed by atoms with E-state index in [1.54, 1.807) is 0 Å². The van der Waals surface area contributed by atoms with Crippen LogP contribution >= 0.6 is 0 Å². The van der Waals surface area contributed by atoms with Crippen LogP contribution < -0.4 is 9.80 Å². The van der Waals surface area contributed by atoms with Gasteiger partial charge in [-0.1, -0.05) is 50.2 Å². The molecule has 1 aliphatic carbocycles. The third kappa shape index (κ3) is 4.55. The van der Waals surface area contributed by atoms with Crippen LogP contribution in [-0.2, 0) is 22.4 Å². The van der Waals surface area contributed by atoms with Crippen LogP contribution in [0.1, 0.15) is 66.5 Å². The van der Waals surface area contributed by atoms with Crippen LogP contribution in [0.25, 0.3) is 5.76 Å². The number of anilines is 2. The standard InChI is InChI=1S/C32H34N2O3/c1-20(2)21-9-12-23(13-10-21)29-28(30(35)25-14-11-22-7-5-6-8-24(22)19-25)31(36)32(37)34(29)27-17-15-26(16-18-27)33(3)4/h9-20,29,35H,5-8H2,1-4H3/b30-28-. The molecular weight excluding hydrogens is 460 g/mol. The van der Waals surface area contributed by atoms with E-state index >= 15 is 0 Å². The van der Waals surface area contributed by atoms with Gasteiger partial charge in [0.25, 0.3) is 11.7 Å². The summed E-state index contributed by atoms with van der Waals surface area (Å²) in [7, 11) is 3.91. The van der Waals surface area contributed by atoms with Gasteiger partial charge < -0.3 is 10.0 Å². The summed E-state index contributed by atoms with van der Waals surface area (Å²) in [6.45, 7) is 4.26. The Morgan fingerprint density at radius 2 is 1.54 bits per heavy atom. The second kappa shape index (κ2) is 9.89. The number of fused-ring (bicyclic) bond motifs is 1. The molecule has 3 aromatic rings. The highest BCUT2D eigenvalue weighted by Gasteiger charge is 2.47. The molecule has 5 rings (SSSR count). The van der Waals surface area contributed by atoms with Crippen molar-refractivity contribution >= 4 is 28.8 Å². The summed E-state index contributed by atoms with van der Waals surface area (Å²) in [6.07, 6.45) is 4.28. The lowest BCUT2D eigenvalue weighted by atomic mass is 9.88. The number of hydrogen-bond acceptors (Lipinski definition) is 4. The average molecular weight is 495 g/mol. The summed E-state index contributed by atoms with van der Waals surface area (Å²) in [5, 5.41) is 11.5. The molecule has 0 bridgehead atoms. The first-order valence-corrected chi connectivity index (χ1v) is 13.1. The summed E-state index contributed by atoms with van der Waals surface area (Å²) >= 11 is 0. The average Bonchev–Trinajstić information content (AvgIpc) is 3.18. The SMILES string of the molecule is CC(C)c1ccc(C2/C(=C(/O)c3ccc4c(c3)CCCC4)C(=O)C(=O)N2c2ccc(N(C)C)cc2)cc1. The molecule has 3 aromatic carbocycles. The van der Waals surface area contributed by atoms with Gasteiger partial charge in [0, 0.05) is 31.0 Å². The van der Waals surface area contributed by atoms with E-state index in [9.17, 15) is 14.7 Å². The van der Waals surface area contributed by atoms with Crippen molar-refractivity contribution < 1.29 is 14.7 Å². The monoisotopic (exact) mass is 494 g/mol. The van der Waals surface area contributed by atoms with Crippen LogP contribution in [0.5, 0.6) is 0 Å². The molecule has 0 spiro atoms. The Morgan fingerprint density at radius 3 is 2.16 bits per heavy atom. The highest BCUT2D eigenvalue weighted by atomic mass is 16.3. The van der Waals surface area contributed by atoms with Gasteiger partial charge >= 0.3 is 0 Å². The van der Waals surface area contributed by atoms with E-state index in [-0.39, 0.29) is 11.3 Å². The smallest absolute Gasteiger partial charge is 0.300 e. The number of carbonyl (C=O) groups is 2. The summed E-state index contributed by atoms with van der Waals surface area (Å²) in [5.74, 6) is -1.05. The Hall–Kier alpha value is -3.86. The molecule has 1 aliphatic heterocycles. The molecule has 1 heterocycles. The zero-order valence-corrected chi connectivity index (χ0v) is 22.0. The first kappa shape index (κ1) is 24.8. The van der Waals surface area contributed by atoms with E-state index in [1.807, 2.05) is 85.7 Å². The number of Topliss-reactive ketones (excluding diaryl/α,β-unsaturated/α-hetero) is 1. The third-order valence-electron chi connectivity index (χ3n) is 7.63. The van der Waals surface area contributed by atoms with Crippen molar-refractivity contribution in [2.45, 2.75) is 51.5 Å². The number of hydrogen-bond donors (Lipinski definition) is 1. The molecule has 0 aromatic heterocycles. The lowest BCUT2D eigenvalue weighted by Crippen LogP contribution is -2.29. The highest BCUT2D eigenvalue weighted by Crippen LogP contribution is 2.43. The minimum atomic E-state index is -0.720. The number of aryl methyl sites for hydroxylation is 2. The molecule has 5 nitrogen and oxygen atoms in total. The zero-order valence-electron chi connectivity index (χ0n) is 22.0. The Kier molecular flexibility index (Phi) is 6.63. The second-order valence-corrected chi connectivity index (χ2v) is 10.6. The normalized spacial score (nSPS) is 18.8. The first-order chi connectivity index (χ1) is 17.8. The third-order valence-corrected chi connectivity index (χ3v) is 7.63. The van der Waals surface area contributed by atoms with Crippen molar-refractivity contribution in [1.29, 1.82) is 0 Å². The molecule has 37 heavy (non-hydrogen) atoms. The molecule has 1 N–H and O–H groups in total. The van der Waals surface area contributed by atoms with Gasteiger partial charge in [0.05, 0.1) is 11.6 Å². The molecule has 190 valence electrons. The molecule has 1 saturated heterocycles. The fourth-order valence-corrected chi connectivity index (χ4v) is 5.43. The fourth-order valence-electron chi connectivity index (χ4n) is 5.43. The summed E-state index contributed by atoms with van der Waals surface area (Å²) < 4.78 is 0. The molecule has 1 atom stereocenters. The van der Waals surface area contributed by atoms with E-state index in [1.165, 1.54) is 28.0 Å². The van der Waals surface area contributed by atoms with Gasteiger partial charge in [0.1, 0.15) is 5.76 Å². The molecule has 1 fully saturated rings. The maximum Gasteiger partial charge on any atom is 0.300 e. The van der Waals surface area contributed by atoms with Crippen LogP contribution in [0.15, 0.2) is 72.3 Å². The van der Waals surface area contributed by atoms with E-state index in [4.69, 9.17) is 0 Å². The van der Waals surface area contributed by atoms with Gasteiger partial charge in [-0.25, -0.2) is 0 Å². The topological polar surface area (TPSA) is 60.9 Å². The number of benzene rings is 3. The maximum absolute atomic E-state index is 13.5. The lowest BCUT2D eigenvalue weighted by molar-refractivity contribution is -0.132. The van der Waals surface area contributed by atoms with Crippen LogP contribution in [0.2, 0.25) is 0 Å². The largest absolute Gasteiger partial charge is 0.507 e. The molecule has 0 saturated carbocycles. The number of aliphatic hydroxyl groups is 1. The van der Waals surface area contributed by atoms with Gasteiger partial charge in [-0.3, -0.25) is 14.5 Å². The van der Waals surface area contributed by atoms with E-state index in [0.29, 0.717) is 17.2 Å². The van der Waals surface area contributed by atoms with Crippen LogP contribution in [0.3, 0.4) is 0 Å². The lowest BCUT2D eigenvalue weighted by Gasteiger charge is -2.26. The number of amides is 1. The predicted octanol–water partition coefficient (Wildman–Crippen LogP) is 6.38. The first-order valence-electron chi connectivity index (χ1n) is 13.1. The van der Waals surface area contributed by atoms with Crippen molar-refractivity contribution in [3.8, 4) is 0 Å². The second-order valence-electron chi connectivity index (χ2n) is 10.6. The van der Waals surface area contributed by atoms with Gasteiger partial charge in [-0.2, -0.15) is 0 Å². The zero-order chi connectivity index (χ0) is 26.3. The summed E-state index contributed by atoms with van der Waals surface area (Å²) in [5.41, 5.74) is 6.81. The molecule has 2 aliphatic rings. The minimum Gasteiger partial charge on any atom is -0.507 e.